The van der Waals surface area contributed by atoms with E-state index < -0.39 is 186 Å². The number of methoxy groups -OCH3 is 1. The number of aliphatic hydroxyl groups is 15. The minimum Gasteiger partial charge on any atom is -0.394 e. The van der Waals surface area contributed by atoms with Crippen molar-refractivity contribution in [1.29, 1.82) is 0 Å². The average molecular weight is 1210 g/mol. The fraction of sp³-hybridized carbons (Fsp3) is 0.965. The second kappa shape index (κ2) is 26.1. The first-order valence-corrected chi connectivity index (χ1v) is 30.2. The quantitative estimate of drug-likeness (QED) is 0.0550. The summed E-state index contributed by atoms with van der Waals surface area (Å²) in [6, 6.07) is 0. The molecular weight excluding hydrogens is 1120 g/mol. The molecule has 4 aliphatic carbocycles. The van der Waals surface area contributed by atoms with Gasteiger partial charge in [0.2, 0.25) is 0 Å². The van der Waals surface area contributed by atoms with E-state index in [1.54, 1.807) is 7.11 Å². The fourth-order valence-electron chi connectivity index (χ4n) is 16.5. The summed E-state index contributed by atoms with van der Waals surface area (Å²) in [5, 5.41) is 159. The van der Waals surface area contributed by atoms with E-state index in [1.807, 2.05) is 6.92 Å². The Kier molecular flexibility index (Phi) is 20.4. The van der Waals surface area contributed by atoms with Gasteiger partial charge in [-0.1, -0.05) is 39.3 Å². The largest absolute Gasteiger partial charge is 0.394 e. The average Bonchev–Trinajstić information content (AvgIpc) is 1.51. The second-order valence-electron chi connectivity index (χ2n) is 26.4. The van der Waals surface area contributed by atoms with Crippen LogP contribution in [0, 0.1) is 46.3 Å². The molecule has 0 aromatic carbocycles. The number of ether oxygens (including phenoxy) is 12. The third-order valence-electron chi connectivity index (χ3n) is 21.6. The smallest absolute Gasteiger partial charge is 0.187 e. The molecule has 10 rings (SSSR count). The monoisotopic (exact) mass is 1210 g/mol. The van der Waals surface area contributed by atoms with Gasteiger partial charge >= 0.3 is 0 Å². The number of allylic oxidation sites excluding steroid dienone is 1. The molecule has 27 heteroatoms. The van der Waals surface area contributed by atoms with Gasteiger partial charge in [-0.25, -0.2) is 0 Å². The topological polar surface area (TPSA) is 414 Å². The van der Waals surface area contributed by atoms with Gasteiger partial charge in [-0.05, 0) is 98.7 Å². The maximum Gasteiger partial charge on any atom is 0.187 e. The molecule has 0 bridgehead atoms. The molecule has 9 fully saturated rings. The van der Waals surface area contributed by atoms with E-state index in [9.17, 15) is 76.6 Å². The summed E-state index contributed by atoms with van der Waals surface area (Å²) in [4.78, 5) is 0. The SMILES string of the molecule is COC1(CC[C@@H](C)CO[C@@H]2O[C@H](CO)[C@@H](O)[C@H](O)[C@H]2O)OC2CC3C4CC=C5CC(O[C@@H]6O[C@H](CO)[C@@H](O[C@@H]7O[C@@H](CO[C@@H]8O[C@H](CO)[C@@H](O)[C@H](O)[C@H]8O)[C@H](O)[C@H]7O)[C@H](O)[C@H]6O[C@@H]6O[C@@H](C)[C@H](O)[C@@H](O)[C@H]6O)CC[C@]5(C)C4CC[C@]3(C)C2[C@@H]1C. The molecule has 484 valence electrons. The van der Waals surface area contributed by atoms with Crippen LogP contribution in [0.3, 0.4) is 0 Å². The summed E-state index contributed by atoms with van der Waals surface area (Å²) in [5.41, 5.74) is 1.07. The summed E-state index contributed by atoms with van der Waals surface area (Å²) in [6.07, 6.45) is -27.9. The molecule has 7 unspecified atom stereocenters. The molecule has 6 aliphatic heterocycles. The van der Waals surface area contributed by atoms with Crippen LogP contribution >= 0.6 is 0 Å². The van der Waals surface area contributed by atoms with E-state index in [1.165, 1.54) is 12.5 Å². The molecule has 0 aromatic rings. The van der Waals surface area contributed by atoms with Gasteiger partial charge in [-0.3, -0.25) is 0 Å². The zero-order valence-corrected chi connectivity index (χ0v) is 48.6. The number of hydrogen-bond donors (Lipinski definition) is 15. The van der Waals surface area contributed by atoms with Crippen molar-refractivity contribution in [2.75, 3.05) is 40.1 Å². The summed E-state index contributed by atoms with van der Waals surface area (Å²) < 4.78 is 72.8. The molecule has 0 amide bonds. The van der Waals surface area contributed by atoms with E-state index in [0.29, 0.717) is 43.4 Å². The first-order valence-electron chi connectivity index (χ1n) is 30.2. The van der Waals surface area contributed by atoms with Crippen LogP contribution in [-0.4, -0.2) is 282 Å². The highest BCUT2D eigenvalue weighted by Gasteiger charge is 2.69. The van der Waals surface area contributed by atoms with Crippen molar-refractivity contribution in [3.63, 3.8) is 0 Å². The molecule has 10 aliphatic rings. The molecule has 3 saturated carbocycles. The Labute approximate surface area is 488 Å². The number of rotatable bonds is 19. The second-order valence-corrected chi connectivity index (χ2v) is 26.4. The maximum absolute atomic E-state index is 12.3. The van der Waals surface area contributed by atoms with Crippen molar-refractivity contribution >= 4 is 0 Å². The van der Waals surface area contributed by atoms with Crippen LogP contribution in [0.4, 0.5) is 0 Å². The normalized spacial score (nSPS) is 54.3. The van der Waals surface area contributed by atoms with Crippen LogP contribution in [-0.2, 0) is 56.8 Å². The summed E-state index contributed by atoms with van der Waals surface area (Å²) >= 11 is 0. The molecule has 6 heterocycles. The minimum absolute atomic E-state index is 0.00545. The number of hydrogen-bond acceptors (Lipinski definition) is 27. The predicted molar refractivity (Wildman–Crippen MR) is 282 cm³/mol. The first kappa shape index (κ1) is 65.6. The molecular formula is C57H94O27. The van der Waals surface area contributed by atoms with E-state index >= 15 is 0 Å². The van der Waals surface area contributed by atoms with Gasteiger partial charge in [0.1, 0.15) is 110 Å². The van der Waals surface area contributed by atoms with Gasteiger partial charge in [0, 0.05) is 19.4 Å². The molecule has 6 saturated heterocycles. The van der Waals surface area contributed by atoms with Crippen molar-refractivity contribution in [3.8, 4) is 0 Å². The maximum atomic E-state index is 12.3. The number of aliphatic hydroxyl groups excluding tert-OH is 15. The Morgan fingerprint density at radius 3 is 1.79 bits per heavy atom. The third-order valence-corrected chi connectivity index (χ3v) is 21.6. The van der Waals surface area contributed by atoms with Crippen molar-refractivity contribution in [2.24, 2.45) is 46.3 Å². The van der Waals surface area contributed by atoms with Crippen LogP contribution in [0.5, 0.6) is 0 Å². The van der Waals surface area contributed by atoms with E-state index in [4.69, 9.17) is 56.8 Å². The Morgan fingerprint density at radius 2 is 1.14 bits per heavy atom. The molecule has 0 radical (unpaired) electrons. The lowest BCUT2D eigenvalue weighted by molar-refractivity contribution is -0.380. The highest BCUT2D eigenvalue weighted by molar-refractivity contribution is 5.26. The van der Waals surface area contributed by atoms with E-state index in [-0.39, 0.29) is 41.3 Å². The van der Waals surface area contributed by atoms with Crippen molar-refractivity contribution in [1.82, 2.24) is 0 Å². The third kappa shape index (κ3) is 11.9. The van der Waals surface area contributed by atoms with Gasteiger partial charge in [-0.2, -0.15) is 0 Å². The summed E-state index contributed by atoms with van der Waals surface area (Å²) in [5.74, 6) is 0.669. The molecule has 27 nitrogen and oxygen atoms in total. The van der Waals surface area contributed by atoms with Crippen molar-refractivity contribution < 1.29 is 133 Å². The highest BCUT2D eigenvalue weighted by Crippen LogP contribution is 2.70. The lowest BCUT2D eigenvalue weighted by Gasteiger charge is -2.58. The van der Waals surface area contributed by atoms with Crippen LogP contribution < -0.4 is 0 Å². The summed E-state index contributed by atoms with van der Waals surface area (Å²) in [6.45, 7) is 8.13. The van der Waals surface area contributed by atoms with Crippen LogP contribution in [0.2, 0.25) is 0 Å². The van der Waals surface area contributed by atoms with Crippen molar-refractivity contribution in [2.45, 2.75) is 258 Å². The molecule has 0 aromatic heterocycles. The van der Waals surface area contributed by atoms with Gasteiger partial charge in [0.05, 0.1) is 51.3 Å². The zero-order chi connectivity index (χ0) is 60.6. The van der Waals surface area contributed by atoms with Crippen molar-refractivity contribution in [3.05, 3.63) is 11.6 Å². The first-order chi connectivity index (χ1) is 39.8. The van der Waals surface area contributed by atoms with E-state index in [2.05, 4.69) is 26.8 Å². The Bertz CT molecular complexity index is 2200. The molecule has 84 heavy (non-hydrogen) atoms. The lowest BCUT2D eigenvalue weighted by atomic mass is 9.47. The number of fused-ring (bicyclic) bond motifs is 7. The Hall–Kier alpha value is -1.34. The van der Waals surface area contributed by atoms with Crippen LogP contribution in [0.1, 0.15) is 92.4 Å². The minimum atomic E-state index is -1.80. The molecule has 15 N–H and O–H groups in total. The summed E-state index contributed by atoms with van der Waals surface area (Å²) in [7, 11) is 1.71. The lowest BCUT2D eigenvalue weighted by Crippen LogP contribution is -2.65. The highest BCUT2D eigenvalue weighted by atomic mass is 16.8. The fourth-order valence-corrected chi connectivity index (χ4v) is 16.5. The van der Waals surface area contributed by atoms with Gasteiger partial charge < -0.3 is 133 Å². The predicted octanol–water partition coefficient (Wildman–Crippen LogP) is -3.89. The van der Waals surface area contributed by atoms with Crippen LogP contribution in [0.25, 0.3) is 0 Å². The molecule has 0 spiro atoms. The van der Waals surface area contributed by atoms with Gasteiger partial charge in [-0.15, -0.1) is 0 Å². The van der Waals surface area contributed by atoms with Crippen LogP contribution in [0.15, 0.2) is 11.6 Å². The Balaban J connectivity index is 0.785. The standard InChI is InChI=1S/C57H94O27/c1-22(20-74-50-44(69)41(66)37(62)31(17-58)78-50)9-14-57(73-6)23(2)35-30(84-57)16-29-27-8-7-25-15-26(10-12-55(25,4)28(27)11-13-56(29,35)5)77-54-49(83-52-46(71)40(65)36(61)24(3)76-52)47(72)48(33(19-60)80-54)82-53-43(68)39(64)34(81-53)21-75-51-45(70)42(67)38(63)32(18-59)79-51/h7,22-24,26-54,58-72H,8-21H2,1-6H3/t22-,23+,24+,26?,27?,28?,29?,30?,31-,32-,33-,34+,35?,36+,37-,38-,39+,40-,41+,42+,43-,44-,45-,46-,47+,48-,49-,50-,51-,52+,53+,54-,55+,56+,57?/m1/s1. The van der Waals surface area contributed by atoms with Gasteiger partial charge in [0.15, 0.2) is 37.2 Å². The molecule has 35 atom stereocenters. The zero-order valence-electron chi connectivity index (χ0n) is 48.6. The van der Waals surface area contributed by atoms with Gasteiger partial charge in [0.25, 0.3) is 0 Å². The Morgan fingerprint density at radius 1 is 0.583 bits per heavy atom. The van der Waals surface area contributed by atoms with E-state index in [0.717, 1.165) is 32.1 Å².